The molecular weight excluding hydrogens is 392 g/mol. The molecule has 2 aromatic carbocycles. The van der Waals surface area contributed by atoms with Crippen molar-refractivity contribution in [1.82, 2.24) is 4.57 Å². The molecule has 0 fully saturated rings. The van der Waals surface area contributed by atoms with Gasteiger partial charge in [0, 0.05) is 10.6 Å². The number of thiazole rings is 1. The third kappa shape index (κ3) is 4.30. The summed E-state index contributed by atoms with van der Waals surface area (Å²) in [6.07, 6.45) is 7.61. The second-order valence-electron chi connectivity index (χ2n) is 6.34. The molecule has 1 aromatic heterocycles. The Hall–Kier alpha value is -2.55. The Morgan fingerprint density at radius 2 is 2.04 bits per heavy atom. The molecule has 3 rings (SSSR count). The SMILES string of the molecule is C#CCn1c(=NC(=O)c2ccc(OCCCC)cc2)sc2ccc(Cl)c(C)c21. The van der Waals surface area contributed by atoms with Gasteiger partial charge in [-0.05, 0) is 55.3 Å². The first-order chi connectivity index (χ1) is 13.5. The molecule has 28 heavy (non-hydrogen) atoms. The molecular formula is C22H21ClN2O2S. The average molecular weight is 413 g/mol. The van der Waals surface area contributed by atoms with Crippen molar-refractivity contribution in [2.75, 3.05) is 6.61 Å². The predicted molar refractivity (Wildman–Crippen MR) is 115 cm³/mol. The molecule has 0 aliphatic heterocycles. The zero-order valence-electron chi connectivity index (χ0n) is 15.9. The highest BCUT2D eigenvalue weighted by molar-refractivity contribution is 7.16. The molecule has 0 bridgehead atoms. The van der Waals surface area contributed by atoms with Gasteiger partial charge in [0.05, 0.1) is 23.4 Å². The van der Waals surface area contributed by atoms with E-state index in [1.54, 1.807) is 24.3 Å². The van der Waals surface area contributed by atoms with E-state index in [-0.39, 0.29) is 5.91 Å². The van der Waals surface area contributed by atoms with E-state index in [9.17, 15) is 4.79 Å². The quantitative estimate of drug-likeness (QED) is 0.411. The third-order valence-corrected chi connectivity index (χ3v) is 5.80. The molecule has 0 aliphatic carbocycles. The number of nitrogens with zero attached hydrogens (tertiary/aromatic N) is 2. The lowest BCUT2D eigenvalue weighted by molar-refractivity contribution is 0.0998. The number of aryl methyl sites for hydroxylation is 1. The number of benzene rings is 2. The van der Waals surface area contributed by atoms with Gasteiger partial charge in [0.2, 0.25) is 0 Å². The van der Waals surface area contributed by atoms with Gasteiger partial charge in [-0.1, -0.05) is 42.2 Å². The van der Waals surface area contributed by atoms with E-state index in [1.165, 1.54) is 11.3 Å². The number of fused-ring (bicyclic) bond motifs is 1. The van der Waals surface area contributed by atoms with Gasteiger partial charge in [0.15, 0.2) is 4.80 Å². The molecule has 1 amide bonds. The summed E-state index contributed by atoms with van der Waals surface area (Å²) in [6.45, 7) is 5.04. The summed E-state index contributed by atoms with van der Waals surface area (Å²) in [5.74, 6) is 3.06. The number of carbonyl (C=O) groups excluding carboxylic acids is 1. The van der Waals surface area contributed by atoms with E-state index in [4.69, 9.17) is 22.8 Å². The summed E-state index contributed by atoms with van der Waals surface area (Å²) in [4.78, 5) is 17.6. The fourth-order valence-corrected chi connectivity index (χ4v) is 4.06. The molecule has 1 heterocycles. The minimum Gasteiger partial charge on any atom is -0.494 e. The average Bonchev–Trinajstić information content (AvgIpc) is 3.03. The molecule has 0 aliphatic rings. The number of hydrogen-bond donors (Lipinski definition) is 0. The van der Waals surface area contributed by atoms with Gasteiger partial charge in [0.25, 0.3) is 5.91 Å². The molecule has 6 heteroatoms. The maximum Gasteiger partial charge on any atom is 0.279 e. The van der Waals surface area contributed by atoms with Gasteiger partial charge < -0.3 is 9.30 Å². The van der Waals surface area contributed by atoms with Crippen molar-refractivity contribution in [2.45, 2.75) is 33.2 Å². The summed E-state index contributed by atoms with van der Waals surface area (Å²) < 4.78 is 8.49. The van der Waals surface area contributed by atoms with E-state index in [0.29, 0.717) is 28.5 Å². The summed E-state index contributed by atoms with van der Waals surface area (Å²) in [7, 11) is 0. The Kier molecular flexibility index (Phi) is 6.56. The fourth-order valence-electron chi connectivity index (χ4n) is 2.82. The number of ether oxygens (including phenoxy) is 1. The van der Waals surface area contributed by atoms with Crippen LogP contribution in [0.15, 0.2) is 41.4 Å². The van der Waals surface area contributed by atoms with Crippen LogP contribution in [0.25, 0.3) is 10.2 Å². The fraction of sp³-hybridized carbons (Fsp3) is 0.273. The largest absolute Gasteiger partial charge is 0.494 e. The summed E-state index contributed by atoms with van der Waals surface area (Å²) >= 11 is 7.68. The molecule has 4 nitrogen and oxygen atoms in total. The number of terminal acetylenes is 1. The van der Waals surface area contributed by atoms with Crippen LogP contribution in [0, 0.1) is 19.3 Å². The van der Waals surface area contributed by atoms with Crippen LogP contribution in [-0.2, 0) is 6.54 Å². The van der Waals surface area contributed by atoms with Crippen molar-refractivity contribution in [3.05, 3.63) is 57.3 Å². The van der Waals surface area contributed by atoms with E-state index < -0.39 is 0 Å². The number of carbonyl (C=O) groups is 1. The molecule has 0 atom stereocenters. The Morgan fingerprint density at radius 3 is 2.71 bits per heavy atom. The van der Waals surface area contributed by atoms with Crippen molar-refractivity contribution >= 4 is 39.1 Å². The van der Waals surface area contributed by atoms with Gasteiger partial charge in [-0.2, -0.15) is 4.99 Å². The second-order valence-corrected chi connectivity index (χ2v) is 7.75. The number of unbranched alkanes of at least 4 members (excludes halogenated alkanes) is 1. The van der Waals surface area contributed by atoms with Crippen LogP contribution in [-0.4, -0.2) is 17.1 Å². The van der Waals surface area contributed by atoms with Gasteiger partial charge >= 0.3 is 0 Å². The van der Waals surface area contributed by atoms with Crippen molar-refractivity contribution in [1.29, 1.82) is 0 Å². The molecule has 144 valence electrons. The monoisotopic (exact) mass is 412 g/mol. The van der Waals surface area contributed by atoms with Gasteiger partial charge in [-0.25, -0.2) is 0 Å². The molecule has 0 saturated heterocycles. The smallest absolute Gasteiger partial charge is 0.279 e. The lowest BCUT2D eigenvalue weighted by Crippen LogP contribution is -2.17. The van der Waals surface area contributed by atoms with Gasteiger partial charge in [-0.3, -0.25) is 4.79 Å². The maximum absolute atomic E-state index is 12.7. The Balaban J connectivity index is 1.95. The number of aromatic nitrogens is 1. The first-order valence-corrected chi connectivity index (χ1v) is 10.3. The van der Waals surface area contributed by atoms with E-state index in [1.807, 2.05) is 23.6 Å². The van der Waals surface area contributed by atoms with Crippen molar-refractivity contribution in [3.63, 3.8) is 0 Å². The van der Waals surface area contributed by atoms with Crippen LogP contribution < -0.4 is 9.54 Å². The summed E-state index contributed by atoms with van der Waals surface area (Å²) in [6, 6.07) is 10.8. The molecule has 0 spiro atoms. The predicted octanol–water partition coefficient (Wildman–Crippen LogP) is 5.22. The summed E-state index contributed by atoms with van der Waals surface area (Å²) in [5.41, 5.74) is 2.34. The van der Waals surface area contributed by atoms with Crippen LogP contribution in [0.3, 0.4) is 0 Å². The van der Waals surface area contributed by atoms with E-state index in [0.717, 1.165) is 34.4 Å². The van der Waals surface area contributed by atoms with Crippen LogP contribution in [0.5, 0.6) is 5.75 Å². The topological polar surface area (TPSA) is 43.6 Å². The van der Waals surface area contributed by atoms with E-state index in [2.05, 4.69) is 17.8 Å². The standard InChI is InChI=1S/C22H21ClN2O2S/c1-4-6-14-27-17-9-7-16(8-10-17)21(26)24-22-25(13-5-2)20-15(3)18(23)11-12-19(20)28-22/h2,7-12H,4,6,13-14H2,1,3H3. The highest BCUT2D eigenvalue weighted by Crippen LogP contribution is 2.27. The van der Waals surface area contributed by atoms with E-state index >= 15 is 0 Å². The third-order valence-electron chi connectivity index (χ3n) is 4.34. The first-order valence-electron chi connectivity index (χ1n) is 9.09. The van der Waals surface area contributed by atoms with Crippen molar-refractivity contribution in [2.24, 2.45) is 4.99 Å². The highest BCUT2D eigenvalue weighted by Gasteiger charge is 2.12. The van der Waals surface area contributed by atoms with Crippen molar-refractivity contribution in [3.8, 4) is 18.1 Å². The first kappa shape index (κ1) is 20.2. The second kappa shape index (κ2) is 9.09. The molecule has 3 aromatic rings. The van der Waals surface area contributed by atoms with Gasteiger partial charge in [0.1, 0.15) is 5.75 Å². The zero-order chi connectivity index (χ0) is 20.1. The number of rotatable bonds is 6. The highest BCUT2D eigenvalue weighted by atomic mass is 35.5. The number of hydrogen-bond acceptors (Lipinski definition) is 3. The summed E-state index contributed by atoms with van der Waals surface area (Å²) in [5, 5.41) is 0.660. The lowest BCUT2D eigenvalue weighted by atomic mass is 10.2. The van der Waals surface area contributed by atoms with Crippen LogP contribution in [0.2, 0.25) is 5.02 Å². The van der Waals surface area contributed by atoms with Gasteiger partial charge in [-0.15, -0.1) is 6.42 Å². The maximum atomic E-state index is 12.7. The molecule has 0 saturated carbocycles. The minimum absolute atomic E-state index is 0.317. The zero-order valence-corrected chi connectivity index (χ0v) is 17.4. The molecule has 0 radical (unpaired) electrons. The lowest BCUT2D eigenvalue weighted by Gasteiger charge is -2.05. The normalized spacial score (nSPS) is 11.6. The molecule has 0 unspecified atom stereocenters. The van der Waals surface area contributed by atoms with Crippen LogP contribution in [0.4, 0.5) is 0 Å². The van der Waals surface area contributed by atoms with Crippen LogP contribution >= 0.6 is 22.9 Å². The Bertz CT molecular complexity index is 1100. The molecule has 0 N–H and O–H groups in total. The van der Waals surface area contributed by atoms with Crippen LogP contribution in [0.1, 0.15) is 35.7 Å². The number of amides is 1. The minimum atomic E-state index is -0.318. The Labute approximate surface area is 173 Å². The number of halogens is 1. The van der Waals surface area contributed by atoms with Crippen molar-refractivity contribution < 1.29 is 9.53 Å². The Morgan fingerprint density at radius 1 is 1.29 bits per heavy atom.